The van der Waals surface area contributed by atoms with Crippen LogP contribution in [-0.4, -0.2) is 11.6 Å². The Hall–Kier alpha value is -2.95. The smallest absolute Gasteiger partial charge is 0.289 e. The van der Waals surface area contributed by atoms with E-state index in [1.807, 2.05) is 0 Å². The molecule has 0 spiro atoms. The van der Waals surface area contributed by atoms with Crippen molar-refractivity contribution in [2.45, 2.75) is 6.18 Å². The van der Waals surface area contributed by atoms with Crippen molar-refractivity contribution >= 4 is 22.3 Å². The molecule has 0 heterocycles. The van der Waals surface area contributed by atoms with Crippen LogP contribution in [0.5, 0.6) is 0 Å². The molecule has 1 aliphatic rings. The maximum Gasteiger partial charge on any atom is 0.417 e. The van der Waals surface area contributed by atoms with Gasteiger partial charge in [-0.3, -0.25) is 9.59 Å². The quantitative estimate of drug-likeness (QED) is 0.472. The van der Waals surface area contributed by atoms with Crippen molar-refractivity contribution in [3.8, 4) is 0 Å². The number of hydrogen-bond donors (Lipinski definition) is 0. The minimum Gasteiger partial charge on any atom is -0.289 e. The van der Waals surface area contributed by atoms with Gasteiger partial charge >= 0.3 is 6.18 Å². The topological polar surface area (TPSA) is 34.1 Å². The summed E-state index contributed by atoms with van der Waals surface area (Å²) in [7, 11) is 0. The monoisotopic (exact) mass is 326 g/mol. The van der Waals surface area contributed by atoms with Crippen LogP contribution in [0.25, 0.3) is 10.8 Å². The second kappa shape index (κ2) is 4.77. The van der Waals surface area contributed by atoms with E-state index in [1.165, 1.54) is 12.1 Å². The Kier molecular flexibility index (Phi) is 2.91. The molecular formula is C19H9F3O2. The highest BCUT2D eigenvalue weighted by Crippen LogP contribution is 2.38. The molecule has 0 radical (unpaired) electrons. The number of fused-ring (bicyclic) bond motifs is 3. The Morgan fingerprint density at radius 1 is 0.667 bits per heavy atom. The summed E-state index contributed by atoms with van der Waals surface area (Å²) in [6, 6.07) is 13.4. The molecule has 0 saturated carbocycles. The lowest BCUT2D eigenvalue weighted by Gasteiger charge is -2.21. The third kappa shape index (κ3) is 1.98. The van der Waals surface area contributed by atoms with Crippen LogP contribution >= 0.6 is 0 Å². The number of rotatable bonds is 0. The molecule has 2 nitrogen and oxygen atoms in total. The first-order chi connectivity index (χ1) is 11.4. The van der Waals surface area contributed by atoms with Gasteiger partial charge in [-0.1, -0.05) is 36.4 Å². The Morgan fingerprint density at radius 3 is 1.83 bits per heavy atom. The first-order valence-corrected chi connectivity index (χ1v) is 7.20. The minimum absolute atomic E-state index is 0.0166. The number of benzene rings is 3. The van der Waals surface area contributed by atoms with Crippen LogP contribution in [0.4, 0.5) is 13.2 Å². The zero-order valence-corrected chi connectivity index (χ0v) is 12.1. The molecule has 3 aromatic carbocycles. The van der Waals surface area contributed by atoms with Gasteiger partial charge in [-0.2, -0.15) is 13.2 Å². The van der Waals surface area contributed by atoms with Crippen molar-refractivity contribution in [1.82, 2.24) is 0 Å². The van der Waals surface area contributed by atoms with Gasteiger partial charge < -0.3 is 0 Å². The molecular weight excluding hydrogens is 317 g/mol. The molecule has 118 valence electrons. The molecule has 0 aliphatic heterocycles. The van der Waals surface area contributed by atoms with Crippen molar-refractivity contribution in [1.29, 1.82) is 0 Å². The molecule has 4 rings (SSSR count). The molecule has 0 aromatic heterocycles. The highest BCUT2D eigenvalue weighted by molar-refractivity contribution is 6.30. The third-order valence-electron chi connectivity index (χ3n) is 4.22. The van der Waals surface area contributed by atoms with Gasteiger partial charge in [-0.15, -0.1) is 0 Å². The number of halogens is 3. The molecule has 0 atom stereocenters. The van der Waals surface area contributed by atoms with Crippen LogP contribution in [0.3, 0.4) is 0 Å². The number of ketones is 2. The van der Waals surface area contributed by atoms with Crippen LogP contribution in [0.2, 0.25) is 0 Å². The zero-order chi connectivity index (χ0) is 17.1. The maximum atomic E-state index is 13.2. The largest absolute Gasteiger partial charge is 0.417 e. The Balaban J connectivity index is 2.05. The first-order valence-electron chi connectivity index (χ1n) is 7.20. The first kappa shape index (κ1) is 14.6. The fourth-order valence-corrected chi connectivity index (χ4v) is 3.12. The predicted octanol–water partition coefficient (Wildman–Crippen LogP) is 4.63. The molecule has 5 heteroatoms. The van der Waals surface area contributed by atoms with Crippen molar-refractivity contribution in [3.05, 3.63) is 82.4 Å². The summed E-state index contributed by atoms with van der Waals surface area (Å²) in [5, 5.41) is 1.46. The van der Waals surface area contributed by atoms with Crippen molar-refractivity contribution in [3.63, 3.8) is 0 Å². The SMILES string of the molecule is O=C1c2cc3ccccc3cc2C(=O)c2c1cccc2C(F)(F)F. The van der Waals surface area contributed by atoms with Gasteiger partial charge in [0.2, 0.25) is 0 Å². The lowest BCUT2D eigenvalue weighted by molar-refractivity contribution is -0.137. The molecule has 0 fully saturated rings. The molecule has 0 saturated heterocycles. The molecule has 0 unspecified atom stereocenters. The summed E-state index contributed by atoms with van der Waals surface area (Å²) in [5.41, 5.74) is -1.67. The number of carbonyl (C=O) groups excluding carboxylic acids is 2. The van der Waals surface area contributed by atoms with Gasteiger partial charge in [0.1, 0.15) is 0 Å². The van der Waals surface area contributed by atoms with E-state index in [1.54, 1.807) is 30.3 Å². The molecule has 0 bridgehead atoms. The van der Waals surface area contributed by atoms with E-state index in [0.717, 1.165) is 17.5 Å². The molecule has 24 heavy (non-hydrogen) atoms. The summed E-state index contributed by atoms with van der Waals surface area (Å²) in [6.07, 6.45) is -4.70. The van der Waals surface area contributed by atoms with Crippen LogP contribution < -0.4 is 0 Å². The molecule has 0 amide bonds. The Bertz CT molecular complexity index is 1030. The summed E-state index contributed by atoms with van der Waals surface area (Å²) in [5.74, 6) is -1.32. The van der Waals surface area contributed by atoms with Gasteiger partial charge in [0.05, 0.1) is 5.56 Å². The van der Waals surface area contributed by atoms with E-state index >= 15 is 0 Å². The highest BCUT2D eigenvalue weighted by atomic mass is 19.4. The predicted molar refractivity (Wildman–Crippen MR) is 82.3 cm³/mol. The lowest BCUT2D eigenvalue weighted by Crippen LogP contribution is -2.25. The van der Waals surface area contributed by atoms with Crippen LogP contribution in [0.1, 0.15) is 37.4 Å². The van der Waals surface area contributed by atoms with Crippen molar-refractivity contribution < 1.29 is 22.8 Å². The minimum atomic E-state index is -4.70. The molecule has 0 N–H and O–H groups in total. The third-order valence-corrected chi connectivity index (χ3v) is 4.22. The number of alkyl halides is 3. The zero-order valence-electron chi connectivity index (χ0n) is 12.1. The van der Waals surface area contributed by atoms with E-state index in [0.29, 0.717) is 5.39 Å². The van der Waals surface area contributed by atoms with Gasteiger partial charge in [-0.25, -0.2) is 0 Å². The van der Waals surface area contributed by atoms with E-state index < -0.39 is 28.9 Å². The van der Waals surface area contributed by atoms with E-state index in [9.17, 15) is 22.8 Å². The van der Waals surface area contributed by atoms with E-state index in [-0.39, 0.29) is 16.7 Å². The summed E-state index contributed by atoms with van der Waals surface area (Å²) >= 11 is 0. The Labute approximate surface area is 134 Å². The standard InChI is InChI=1S/C19H9F3O2/c20-19(21,22)15-7-3-6-12-16(15)18(24)14-9-11-5-2-1-4-10(11)8-13(14)17(12)23/h1-9H. The van der Waals surface area contributed by atoms with Gasteiger partial charge in [0.15, 0.2) is 11.6 Å². The van der Waals surface area contributed by atoms with Gasteiger partial charge in [0, 0.05) is 22.3 Å². The van der Waals surface area contributed by atoms with Gasteiger partial charge in [-0.05, 0) is 29.0 Å². The van der Waals surface area contributed by atoms with Crippen LogP contribution in [-0.2, 0) is 6.18 Å². The number of hydrogen-bond acceptors (Lipinski definition) is 2. The summed E-state index contributed by atoms with van der Waals surface area (Å²) in [6.45, 7) is 0. The summed E-state index contributed by atoms with van der Waals surface area (Å²) in [4.78, 5) is 25.4. The van der Waals surface area contributed by atoms with Crippen molar-refractivity contribution in [2.75, 3.05) is 0 Å². The fourth-order valence-electron chi connectivity index (χ4n) is 3.12. The van der Waals surface area contributed by atoms with E-state index in [2.05, 4.69) is 0 Å². The average Bonchev–Trinajstić information content (AvgIpc) is 2.57. The van der Waals surface area contributed by atoms with Crippen molar-refractivity contribution in [2.24, 2.45) is 0 Å². The fraction of sp³-hybridized carbons (Fsp3) is 0.0526. The number of carbonyl (C=O) groups is 2. The molecule has 1 aliphatic carbocycles. The highest BCUT2D eigenvalue weighted by Gasteiger charge is 2.40. The maximum absolute atomic E-state index is 13.2. The molecule has 3 aromatic rings. The normalized spacial score (nSPS) is 13.8. The average molecular weight is 326 g/mol. The lowest BCUT2D eigenvalue weighted by atomic mass is 9.80. The van der Waals surface area contributed by atoms with Gasteiger partial charge in [0.25, 0.3) is 0 Å². The van der Waals surface area contributed by atoms with Crippen LogP contribution in [0.15, 0.2) is 54.6 Å². The second-order valence-corrected chi connectivity index (χ2v) is 5.63. The second-order valence-electron chi connectivity index (χ2n) is 5.63. The summed E-state index contributed by atoms with van der Waals surface area (Å²) < 4.78 is 39.7. The van der Waals surface area contributed by atoms with E-state index in [4.69, 9.17) is 0 Å². The Morgan fingerprint density at radius 2 is 1.25 bits per heavy atom. The van der Waals surface area contributed by atoms with Crippen LogP contribution in [0, 0.1) is 0 Å².